The Morgan fingerprint density at radius 3 is 2.83 bits per heavy atom. The van der Waals surface area contributed by atoms with Gasteiger partial charge in [0.15, 0.2) is 0 Å². The Labute approximate surface area is 110 Å². The van der Waals surface area contributed by atoms with Crippen molar-refractivity contribution in [2.75, 3.05) is 6.54 Å². The van der Waals surface area contributed by atoms with Crippen LogP contribution < -0.4 is 10.5 Å². The summed E-state index contributed by atoms with van der Waals surface area (Å²) < 4.78 is 10.2. The van der Waals surface area contributed by atoms with Gasteiger partial charge in [0.1, 0.15) is 23.7 Å². The molecule has 2 rings (SSSR count). The van der Waals surface area contributed by atoms with Crippen LogP contribution in [0.4, 0.5) is 0 Å². The molecule has 96 valence electrons. The predicted molar refractivity (Wildman–Crippen MR) is 67.6 cm³/mol. The van der Waals surface area contributed by atoms with Crippen LogP contribution in [0.1, 0.15) is 17.0 Å². The van der Waals surface area contributed by atoms with Gasteiger partial charge in [0.2, 0.25) is 0 Å². The van der Waals surface area contributed by atoms with E-state index in [-0.39, 0.29) is 6.61 Å². The normalized spacial score (nSPS) is 10.6. The Morgan fingerprint density at radius 1 is 1.39 bits per heavy atom. The minimum atomic E-state index is 0.283. The molecule has 0 unspecified atom stereocenters. The van der Waals surface area contributed by atoms with E-state index in [2.05, 4.69) is 14.9 Å². The lowest BCUT2D eigenvalue weighted by Crippen LogP contribution is -2.03. The third-order valence-corrected chi connectivity index (χ3v) is 2.84. The Hall–Kier alpha value is -1.59. The molecule has 0 spiro atoms. The first-order chi connectivity index (χ1) is 8.70. The zero-order valence-electron chi connectivity index (χ0n) is 10.0. The smallest absolute Gasteiger partial charge is 0.145 e. The standard InChI is InChI=1S/C12H14ClN3O2/c1-8-11(16-18-15-8)7-17-12-3-2-9(4-5-14)6-10(12)13/h2-3,6H,4-5,7,14H2,1H3. The summed E-state index contributed by atoms with van der Waals surface area (Å²) in [7, 11) is 0. The summed E-state index contributed by atoms with van der Waals surface area (Å²) in [4.78, 5) is 0. The summed E-state index contributed by atoms with van der Waals surface area (Å²) in [6, 6.07) is 5.63. The molecule has 2 N–H and O–H groups in total. The van der Waals surface area contributed by atoms with Gasteiger partial charge in [0.25, 0.3) is 0 Å². The fourth-order valence-corrected chi connectivity index (χ4v) is 1.77. The quantitative estimate of drug-likeness (QED) is 0.898. The zero-order chi connectivity index (χ0) is 13.0. The van der Waals surface area contributed by atoms with Gasteiger partial charge in [0, 0.05) is 0 Å². The second-order valence-electron chi connectivity index (χ2n) is 3.89. The maximum absolute atomic E-state index is 6.12. The molecule has 0 radical (unpaired) electrons. The number of halogens is 1. The first-order valence-corrected chi connectivity index (χ1v) is 5.98. The molecule has 0 amide bonds. The van der Waals surface area contributed by atoms with Gasteiger partial charge in [-0.2, -0.15) is 0 Å². The minimum Gasteiger partial charge on any atom is -0.486 e. The number of aromatic nitrogens is 2. The maximum atomic E-state index is 6.12. The van der Waals surface area contributed by atoms with Gasteiger partial charge in [-0.15, -0.1) is 0 Å². The summed E-state index contributed by atoms with van der Waals surface area (Å²) in [5.74, 6) is 0.611. The number of nitrogens with zero attached hydrogens (tertiary/aromatic N) is 2. The van der Waals surface area contributed by atoms with E-state index in [4.69, 9.17) is 22.1 Å². The van der Waals surface area contributed by atoms with E-state index in [0.29, 0.717) is 28.7 Å². The summed E-state index contributed by atoms with van der Waals surface area (Å²) >= 11 is 6.12. The van der Waals surface area contributed by atoms with E-state index >= 15 is 0 Å². The van der Waals surface area contributed by atoms with Crippen molar-refractivity contribution in [2.24, 2.45) is 5.73 Å². The van der Waals surface area contributed by atoms with Crippen molar-refractivity contribution in [3.63, 3.8) is 0 Å². The first kappa shape index (κ1) is 12.9. The molecule has 6 heteroatoms. The number of ether oxygens (including phenoxy) is 1. The van der Waals surface area contributed by atoms with Gasteiger partial charge < -0.3 is 10.5 Å². The van der Waals surface area contributed by atoms with Gasteiger partial charge in [0.05, 0.1) is 5.02 Å². The second-order valence-corrected chi connectivity index (χ2v) is 4.30. The summed E-state index contributed by atoms with van der Waals surface area (Å²) in [6.07, 6.45) is 0.798. The van der Waals surface area contributed by atoms with Crippen molar-refractivity contribution < 1.29 is 9.37 Å². The van der Waals surface area contributed by atoms with Gasteiger partial charge in [-0.05, 0) is 37.6 Å². The molecule has 5 nitrogen and oxygen atoms in total. The lowest BCUT2D eigenvalue weighted by Gasteiger charge is -2.08. The average Bonchev–Trinajstić information content (AvgIpc) is 2.74. The molecule has 0 fully saturated rings. The van der Waals surface area contributed by atoms with E-state index in [1.165, 1.54) is 0 Å². The van der Waals surface area contributed by atoms with Crippen molar-refractivity contribution in [3.8, 4) is 5.75 Å². The molecule has 0 saturated carbocycles. The molecule has 0 aliphatic heterocycles. The highest BCUT2D eigenvalue weighted by molar-refractivity contribution is 6.32. The first-order valence-electron chi connectivity index (χ1n) is 5.60. The largest absolute Gasteiger partial charge is 0.486 e. The molecule has 0 atom stereocenters. The molecule has 0 saturated heterocycles. The molecule has 1 aromatic carbocycles. The van der Waals surface area contributed by atoms with Crippen molar-refractivity contribution in [1.82, 2.24) is 10.3 Å². The summed E-state index contributed by atoms with van der Waals surface area (Å²) in [5.41, 5.74) is 7.96. The number of hydrogen-bond donors (Lipinski definition) is 1. The monoisotopic (exact) mass is 267 g/mol. The predicted octanol–water partition coefficient (Wildman–Crippen LogP) is 2.11. The summed E-state index contributed by atoms with van der Waals surface area (Å²) in [6.45, 7) is 2.69. The van der Waals surface area contributed by atoms with Crippen LogP contribution in [-0.2, 0) is 13.0 Å². The van der Waals surface area contributed by atoms with Crippen molar-refractivity contribution in [3.05, 3.63) is 40.2 Å². The molecular formula is C12H14ClN3O2. The molecule has 0 aliphatic carbocycles. The van der Waals surface area contributed by atoms with Crippen molar-refractivity contribution >= 4 is 11.6 Å². The molecule has 18 heavy (non-hydrogen) atoms. The lowest BCUT2D eigenvalue weighted by atomic mass is 10.1. The number of benzene rings is 1. The van der Waals surface area contributed by atoms with Crippen LogP contribution in [-0.4, -0.2) is 16.9 Å². The fourth-order valence-electron chi connectivity index (χ4n) is 1.51. The molecule has 1 aromatic heterocycles. The third kappa shape index (κ3) is 3.00. The van der Waals surface area contributed by atoms with E-state index in [9.17, 15) is 0 Å². The van der Waals surface area contributed by atoms with Crippen LogP contribution in [0.2, 0.25) is 5.02 Å². The number of rotatable bonds is 5. The molecular weight excluding hydrogens is 254 g/mol. The van der Waals surface area contributed by atoms with Gasteiger partial charge in [-0.3, -0.25) is 0 Å². The van der Waals surface area contributed by atoms with Crippen LogP contribution in [0.15, 0.2) is 22.8 Å². The van der Waals surface area contributed by atoms with Crippen molar-refractivity contribution in [1.29, 1.82) is 0 Å². The minimum absolute atomic E-state index is 0.283. The van der Waals surface area contributed by atoms with E-state index in [0.717, 1.165) is 12.0 Å². The number of hydrogen-bond acceptors (Lipinski definition) is 5. The van der Waals surface area contributed by atoms with Crippen LogP contribution in [0.25, 0.3) is 0 Å². The zero-order valence-corrected chi connectivity index (χ0v) is 10.8. The fraction of sp³-hybridized carbons (Fsp3) is 0.333. The van der Waals surface area contributed by atoms with Gasteiger partial charge in [-0.1, -0.05) is 28.0 Å². The highest BCUT2D eigenvalue weighted by atomic mass is 35.5. The van der Waals surface area contributed by atoms with Crippen molar-refractivity contribution in [2.45, 2.75) is 20.0 Å². The topological polar surface area (TPSA) is 74.2 Å². The summed E-state index contributed by atoms with van der Waals surface area (Å²) in [5, 5.41) is 7.98. The van der Waals surface area contributed by atoms with E-state index < -0.39 is 0 Å². The molecule has 0 bridgehead atoms. The Bertz CT molecular complexity index is 528. The highest BCUT2D eigenvalue weighted by Crippen LogP contribution is 2.26. The maximum Gasteiger partial charge on any atom is 0.145 e. The van der Waals surface area contributed by atoms with E-state index in [1.54, 1.807) is 6.92 Å². The average molecular weight is 268 g/mol. The molecule has 1 heterocycles. The van der Waals surface area contributed by atoms with Gasteiger partial charge >= 0.3 is 0 Å². The van der Waals surface area contributed by atoms with Crippen LogP contribution in [0.5, 0.6) is 5.75 Å². The molecule has 2 aromatic rings. The SMILES string of the molecule is Cc1nonc1COc1ccc(CCN)cc1Cl. The van der Waals surface area contributed by atoms with Crippen LogP contribution in [0.3, 0.4) is 0 Å². The Balaban J connectivity index is 2.03. The highest BCUT2D eigenvalue weighted by Gasteiger charge is 2.08. The third-order valence-electron chi connectivity index (χ3n) is 2.54. The lowest BCUT2D eigenvalue weighted by molar-refractivity contribution is 0.270. The number of nitrogens with two attached hydrogens (primary N) is 1. The van der Waals surface area contributed by atoms with E-state index in [1.807, 2.05) is 18.2 Å². The second kappa shape index (κ2) is 5.84. The number of aryl methyl sites for hydroxylation is 1. The van der Waals surface area contributed by atoms with Crippen LogP contribution >= 0.6 is 11.6 Å². The Morgan fingerprint density at radius 2 is 2.22 bits per heavy atom. The Kier molecular flexibility index (Phi) is 4.17. The molecule has 0 aliphatic rings. The van der Waals surface area contributed by atoms with Crippen LogP contribution in [0, 0.1) is 6.92 Å². The van der Waals surface area contributed by atoms with Gasteiger partial charge in [-0.25, -0.2) is 4.63 Å².